The number of rotatable bonds is 5. The fourth-order valence-electron chi connectivity index (χ4n) is 1.88. The smallest absolute Gasteiger partial charge is 0.142 e. The van der Waals surface area contributed by atoms with Crippen molar-refractivity contribution in [3.05, 3.63) is 58.9 Å². The molecule has 1 aromatic heterocycles. The summed E-state index contributed by atoms with van der Waals surface area (Å²) < 4.78 is 31.8. The van der Waals surface area contributed by atoms with Gasteiger partial charge in [-0.25, -0.2) is 8.78 Å². The Balaban J connectivity index is 2.13. The van der Waals surface area contributed by atoms with E-state index in [0.29, 0.717) is 17.9 Å². The Bertz CT molecular complexity index is 582. The van der Waals surface area contributed by atoms with Crippen LogP contribution in [0.15, 0.2) is 30.3 Å². The second-order valence-corrected chi connectivity index (χ2v) is 4.49. The highest BCUT2D eigenvalue weighted by Gasteiger charge is 2.07. The molecule has 0 atom stereocenters. The number of hydrogen-bond donors (Lipinski definition) is 1. The van der Waals surface area contributed by atoms with E-state index in [4.69, 9.17) is 4.74 Å². The summed E-state index contributed by atoms with van der Waals surface area (Å²) in [4.78, 5) is 4.37. The minimum atomic E-state index is -0.610. The van der Waals surface area contributed by atoms with Gasteiger partial charge in [0.25, 0.3) is 0 Å². The van der Waals surface area contributed by atoms with Crippen LogP contribution in [0.3, 0.4) is 0 Å². The van der Waals surface area contributed by atoms with Crippen LogP contribution in [0, 0.1) is 18.6 Å². The largest absolute Gasteiger partial charge is 0.487 e. The third kappa shape index (κ3) is 3.74. The number of pyridine rings is 1. The zero-order chi connectivity index (χ0) is 14.5. The topological polar surface area (TPSA) is 34.2 Å². The first-order valence-corrected chi connectivity index (χ1v) is 6.27. The van der Waals surface area contributed by atoms with Gasteiger partial charge in [-0.3, -0.25) is 4.98 Å². The van der Waals surface area contributed by atoms with Crippen molar-refractivity contribution in [2.45, 2.75) is 20.1 Å². The quantitative estimate of drug-likeness (QED) is 0.913. The molecule has 0 unspecified atom stereocenters. The van der Waals surface area contributed by atoms with E-state index < -0.39 is 11.6 Å². The van der Waals surface area contributed by atoms with Crippen molar-refractivity contribution in [3.63, 3.8) is 0 Å². The van der Waals surface area contributed by atoms with Crippen LogP contribution in [0.1, 0.15) is 17.0 Å². The average Bonchev–Trinajstić information content (AvgIpc) is 2.37. The van der Waals surface area contributed by atoms with Crippen LogP contribution < -0.4 is 10.1 Å². The Morgan fingerprint density at radius 1 is 1.15 bits per heavy atom. The monoisotopic (exact) mass is 278 g/mol. The maximum Gasteiger partial charge on any atom is 0.142 e. The van der Waals surface area contributed by atoms with Crippen LogP contribution in [-0.2, 0) is 13.2 Å². The predicted molar refractivity (Wildman–Crippen MR) is 72.4 cm³/mol. The maximum atomic E-state index is 13.1. The zero-order valence-corrected chi connectivity index (χ0v) is 11.4. The molecule has 0 aliphatic heterocycles. The Kier molecular flexibility index (Phi) is 4.63. The van der Waals surface area contributed by atoms with Crippen LogP contribution in [-0.4, -0.2) is 12.0 Å². The number of hydrogen-bond acceptors (Lipinski definition) is 3. The molecule has 0 fully saturated rings. The molecule has 2 aromatic rings. The van der Waals surface area contributed by atoms with Gasteiger partial charge in [-0.1, -0.05) is 0 Å². The van der Waals surface area contributed by atoms with E-state index in [1.807, 2.05) is 26.1 Å². The van der Waals surface area contributed by atoms with Crippen LogP contribution in [0.4, 0.5) is 8.78 Å². The summed E-state index contributed by atoms with van der Waals surface area (Å²) in [5.74, 6) is -0.614. The van der Waals surface area contributed by atoms with E-state index in [2.05, 4.69) is 10.3 Å². The fourth-order valence-corrected chi connectivity index (χ4v) is 1.88. The number of aryl methyl sites for hydroxylation is 1. The van der Waals surface area contributed by atoms with Gasteiger partial charge in [-0.15, -0.1) is 0 Å². The van der Waals surface area contributed by atoms with Crippen molar-refractivity contribution in [1.29, 1.82) is 0 Å². The van der Waals surface area contributed by atoms with Crippen molar-refractivity contribution >= 4 is 0 Å². The Hall–Kier alpha value is -2.01. The van der Waals surface area contributed by atoms with Gasteiger partial charge in [-0.05, 0) is 43.8 Å². The SMILES string of the molecule is CNCc1nc(C)ccc1OCc1cc(F)cc(F)c1. The lowest BCUT2D eigenvalue weighted by molar-refractivity contribution is 0.299. The summed E-state index contributed by atoms with van der Waals surface area (Å²) in [6, 6.07) is 6.99. The molecule has 0 bridgehead atoms. The van der Waals surface area contributed by atoms with E-state index in [1.165, 1.54) is 12.1 Å². The Labute approximate surface area is 116 Å². The number of nitrogens with zero attached hydrogens (tertiary/aromatic N) is 1. The molecule has 1 N–H and O–H groups in total. The van der Waals surface area contributed by atoms with Gasteiger partial charge in [-0.2, -0.15) is 0 Å². The summed E-state index contributed by atoms with van der Waals surface area (Å²) in [7, 11) is 1.82. The molecule has 106 valence electrons. The molecule has 1 heterocycles. The van der Waals surface area contributed by atoms with Gasteiger partial charge in [0, 0.05) is 18.3 Å². The zero-order valence-electron chi connectivity index (χ0n) is 11.4. The van der Waals surface area contributed by atoms with Gasteiger partial charge in [0.2, 0.25) is 0 Å². The molecule has 0 amide bonds. The molecule has 0 radical (unpaired) electrons. The maximum absolute atomic E-state index is 13.1. The van der Waals surface area contributed by atoms with Gasteiger partial charge in [0.1, 0.15) is 24.0 Å². The highest BCUT2D eigenvalue weighted by atomic mass is 19.1. The lowest BCUT2D eigenvalue weighted by Gasteiger charge is -2.11. The molecule has 2 rings (SSSR count). The predicted octanol–water partition coefficient (Wildman–Crippen LogP) is 2.97. The van der Waals surface area contributed by atoms with Crippen LogP contribution in [0.5, 0.6) is 5.75 Å². The minimum Gasteiger partial charge on any atom is -0.487 e. The van der Waals surface area contributed by atoms with Crippen molar-refractivity contribution in [1.82, 2.24) is 10.3 Å². The molecule has 0 aliphatic rings. The van der Waals surface area contributed by atoms with Gasteiger partial charge in [0.05, 0.1) is 5.69 Å². The summed E-state index contributed by atoms with van der Waals surface area (Å²) in [6.45, 7) is 2.55. The van der Waals surface area contributed by atoms with Gasteiger partial charge >= 0.3 is 0 Å². The Morgan fingerprint density at radius 2 is 1.85 bits per heavy atom. The summed E-state index contributed by atoms with van der Waals surface area (Å²) in [6.07, 6.45) is 0. The third-order valence-corrected chi connectivity index (χ3v) is 2.73. The van der Waals surface area contributed by atoms with Gasteiger partial charge < -0.3 is 10.1 Å². The summed E-state index contributed by atoms with van der Waals surface area (Å²) in [5.41, 5.74) is 2.10. The van der Waals surface area contributed by atoms with Crippen LogP contribution in [0.2, 0.25) is 0 Å². The Morgan fingerprint density at radius 3 is 2.50 bits per heavy atom. The van der Waals surface area contributed by atoms with Crippen molar-refractivity contribution in [3.8, 4) is 5.75 Å². The fraction of sp³-hybridized carbons (Fsp3) is 0.267. The van der Waals surface area contributed by atoms with Crippen molar-refractivity contribution in [2.75, 3.05) is 7.05 Å². The molecular formula is C15H16F2N2O. The number of ether oxygens (including phenoxy) is 1. The van der Waals surface area contributed by atoms with E-state index >= 15 is 0 Å². The van der Waals surface area contributed by atoms with Crippen molar-refractivity contribution < 1.29 is 13.5 Å². The normalized spacial score (nSPS) is 10.6. The van der Waals surface area contributed by atoms with Gasteiger partial charge in [0.15, 0.2) is 0 Å². The minimum absolute atomic E-state index is 0.0934. The first kappa shape index (κ1) is 14.4. The molecule has 0 saturated heterocycles. The number of benzene rings is 1. The molecule has 0 spiro atoms. The van der Waals surface area contributed by atoms with E-state index in [-0.39, 0.29) is 6.61 Å². The lowest BCUT2D eigenvalue weighted by atomic mass is 10.2. The second-order valence-electron chi connectivity index (χ2n) is 4.49. The highest BCUT2D eigenvalue weighted by molar-refractivity contribution is 5.30. The lowest BCUT2D eigenvalue weighted by Crippen LogP contribution is -2.10. The van der Waals surface area contributed by atoms with E-state index in [9.17, 15) is 8.78 Å². The number of aromatic nitrogens is 1. The first-order valence-electron chi connectivity index (χ1n) is 6.27. The molecule has 3 nitrogen and oxygen atoms in total. The summed E-state index contributed by atoms with van der Waals surface area (Å²) in [5, 5.41) is 3.01. The van der Waals surface area contributed by atoms with E-state index in [0.717, 1.165) is 17.5 Å². The third-order valence-electron chi connectivity index (χ3n) is 2.73. The van der Waals surface area contributed by atoms with E-state index in [1.54, 1.807) is 0 Å². The van der Waals surface area contributed by atoms with Crippen LogP contribution in [0.25, 0.3) is 0 Å². The molecule has 0 aliphatic carbocycles. The summed E-state index contributed by atoms with van der Waals surface area (Å²) >= 11 is 0. The average molecular weight is 278 g/mol. The number of halogens is 2. The van der Waals surface area contributed by atoms with Crippen molar-refractivity contribution in [2.24, 2.45) is 0 Å². The highest BCUT2D eigenvalue weighted by Crippen LogP contribution is 2.19. The standard InChI is InChI=1S/C15H16F2N2O/c1-10-3-4-15(14(19-10)8-18-2)20-9-11-5-12(16)7-13(17)6-11/h3-7,18H,8-9H2,1-2H3. The molecule has 5 heteroatoms. The first-order chi connectivity index (χ1) is 9.58. The molecule has 1 aromatic carbocycles. The second kappa shape index (κ2) is 6.43. The number of nitrogens with one attached hydrogen (secondary N) is 1. The van der Waals surface area contributed by atoms with Crippen LogP contribution >= 0.6 is 0 Å². The molecule has 0 saturated carbocycles. The molecule has 20 heavy (non-hydrogen) atoms. The molecular weight excluding hydrogens is 262 g/mol.